The van der Waals surface area contributed by atoms with Crippen molar-refractivity contribution in [1.82, 2.24) is 9.13 Å². The summed E-state index contributed by atoms with van der Waals surface area (Å²) in [7, 11) is 0. The van der Waals surface area contributed by atoms with Gasteiger partial charge in [-0.3, -0.25) is 0 Å². The molecule has 0 amide bonds. The van der Waals surface area contributed by atoms with E-state index < -0.39 is 0 Å². The molecular formula is C43H29N3O. The lowest BCUT2D eigenvalue weighted by Gasteiger charge is -2.15. The lowest BCUT2D eigenvalue weighted by Crippen LogP contribution is -2.02. The van der Waals surface area contributed by atoms with Crippen molar-refractivity contribution < 1.29 is 4.42 Å². The molecule has 4 nitrogen and oxygen atoms in total. The van der Waals surface area contributed by atoms with Gasteiger partial charge >= 0.3 is 0 Å². The molecule has 0 spiro atoms. The zero-order chi connectivity index (χ0) is 31.6. The minimum absolute atomic E-state index is 0.648. The Morgan fingerprint density at radius 2 is 1.36 bits per heavy atom. The fourth-order valence-electron chi connectivity index (χ4n) is 7.53. The Bertz CT molecular complexity index is 2780. The maximum atomic E-state index is 10.7. The first-order valence-corrected chi connectivity index (χ1v) is 15.9. The van der Waals surface area contributed by atoms with Crippen molar-refractivity contribution >= 4 is 60.7 Å². The van der Waals surface area contributed by atoms with Crippen molar-refractivity contribution in [2.45, 2.75) is 13.8 Å². The fourth-order valence-corrected chi connectivity index (χ4v) is 7.53. The zero-order valence-corrected chi connectivity index (χ0v) is 26.0. The molecule has 9 aromatic rings. The lowest BCUT2D eigenvalue weighted by atomic mass is 9.98. The number of hydrogen-bond acceptors (Lipinski definition) is 2. The largest absolute Gasteiger partial charge is 0.456 e. The van der Waals surface area contributed by atoms with Crippen molar-refractivity contribution in [2.24, 2.45) is 0 Å². The molecule has 222 valence electrons. The Balaban J connectivity index is 1.28. The molecule has 0 radical (unpaired) electrons. The van der Waals surface area contributed by atoms with E-state index in [0.717, 1.165) is 66.7 Å². The molecule has 6 aromatic carbocycles. The number of allylic oxidation sites excluding steroid dienone is 1. The van der Waals surface area contributed by atoms with Gasteiger partial charge in [0.2, 0.25) is 0 Å². The normalized spacial score (nSPS) is 11.9. The summed E-state index contributed by atoms with van der Waals surface area (Å²) >= 11 is 0. The van der Waals surface area contributed by atoms with E-state index in [4.69, 9.17) is 4.42 Å². The lowest BCUT2D eigenvalue weighted by molar-refractivity contribution is 0.669. The number of benzene rings is 6. The predicted molar refractivity (Wildman–Crippen MR) is 194 cm³/mol. The van der Waals surface area contributed by atoms with Crippen molar-refractivity contribution in [3.63, 3.8) is 0 Å². The van der Waals surface area contributed by atoms with Crippen LogP contribution in [0.25, 0.3) is 83.2 Å². The van der Waals surface area contributed by atoms with E-state index in [1.165, 1.54) is 21.7 Å². The van der Waals surface area contributed by atoms with Gasteiger partial charge in [-0.25, -0.2) is 0 Å². The van der Waals surface area contributed by atoms with Crippen molar-refractivity contribution in [3.05, 3.63) is 150 Å². The summed E-state index contributed by atoms with van der Waals surface area (Å²) in [5.74, 6) is 0. The van der Waals surface area contributed by atoms with Crippen LogP contribution in [0.3, 0.4) is 0 Å². The maximum absolute atomic E-state index is 10.7. The van der Waals surface area contributed by atoms with Crippen molar-refractivity contribution in [3.8, 4) is 28.6 Å². The molecule has 0 saturated heterocycles. The molecule has 3 heterocycles. The number of rotatable bonds is 4. The Kier molecular flexibility index (Phi) is 5.97. The van der Waals surface area contributed by atoms with Crippen LogP contribution in [-0.2, 0) is 0 Å². The first-order chi connectivity index (χ1) is 23.2. The van der Waals surface area contributed by atoms with E-state index in [-0.39, 0.29) is 0 Å². The minimum atomic E-state index is 0.648. The summed E-state index contributed by atoms with van der Waals surface area (Å²) < 4.78 is 10.8. The molecule has 0 saturated carbocycles. The second-order valence-corrected chi connectivity index (χ2v) is 12.0. The Hall–Kier alpha value is -6.31. The van der Waals surface area contributed by atoms with E-state index in [9.17, 15) is 5.26 Å². The molecule has 0 atom stereocenters. The van der Waals surface area contributed by atoms with Gasteiger partial charge < -0.3 is 13.6 Å². The van der Waals surface area contributed by atoms with Crippen LogP contribution in [0, 0.1) is 18.3 Å². The number of nitriles is 1. The zero-order valence-electron chi connectivity index (χ0n) is 26.0. The highest BCUT2D eigenvalue weighted by Gasteiger charge is 2.21. The summed E-state index contributed by atoms with van der Waals surface area (Å²) in [5, 5.41) is 16.5. The third-order valence-corrected chi connectivity index (χ3v) is 9.48. The molecular weight excluding hydrogens is 574 g/mol. The highest BCUT2D eigenvalue weighted by molar-refractivity contribution is 6.27. The molecule has 9 rings (SSSR count). The van der Waals surface area contributed by atoms with Gasteiger partial charge in [0.1, 0.15) is 17.2 Å². The van der Waals surface area contributed by atoms with E-state index in [1.807, 2.05) is 19.1 Å². The average molecular weight is 604 g/mol. The molecule has 0 bridgehead atoms. The highest BCUT2D eigenvalue weighted by atomic mass is 16.3. The third kappa shape index (κ3) is 3.87. The van der Waals surface area contributed by atoms with Crippen LogP contribution >= 0.6 is 0 Å². The van der Waals surface area contributed by atoms with Gasteiger partial charge in [-0.15, -0.1) is 0 Å². The minimum Gasteiger partial charge on any atom is -0.456 e. The van der Waals surface area contributed by atoms with Gasteiger partial charge in [-0.2, -0.15) is 5.26 Å². The molecule has 4 heteroatoms. The van der Waals surface area contributed by atoms with E-state index >= 15 is 0 Å². The Morgan fingerprint density at radius 3 is 2.17 bits per heavy atom. The summed E-state index contributed by atoms with van der Waals surface area (Å²) in [6.07, 6.45) is 4.22. The molecule has 0 unspecified atom stereocenters. The van der Waals surface area contributed by atoms with Crippen LogP contribution < -0.4 is 0 Å². The van der Waals surface area contributed by atoms with Gasteiger partial charge in [-0.05, 0) is 67.9 Å². The summed E-state index contributed by atoms with van der Waals surface area (Å²) in [4.78, 5) is 0. The standard InChI is InChI=1S/C43H29N3O/c1-3-12-30-27(2)45(36-19-7-4-15-32(30)36)38-21-11-18-31(35(38)26-44)28-13-10-14-29(25-28)46-37-20-8-5-16-33(37)42-39(46)23-24-41-43(42)34-17-6-9-22-40(34)47-41/h3-25H,1-2H3/b12-3-. The van der Waals surface area contributed by atoms with Crippen LogP contribution in [0.5, 0.6) is 0 Å². The first kappa shape index (κ1) is 27.0. The number of hydrogen-bond donors (Lipinski definition) is 0. The van der Waals surface area contributed by atoms with Crippen LogP contribution in [-0.4, -0.2) is 9.13 Å². The topological polar surface area (TPSA) is 46.8 Å². The quantitative estimate of drug-likeness (QED) is 0.201. The van der Waals surface area contributed by atoms with Gasteiger partial charge in [-0.1, -0.05) is 91.0 Å². The second kappa shape index (κ2) is 10.4. The molecule has 47 heavy (non-hydrogen) atoms. The first-order valence-electron chi connectivity index (χ1n) is 15.9. The third-order valence-electron chi connectivity index (χ3n) is 9.48. The average Bonchev–Trinajstić information content (AvgIpc) is 3.75. The highest BCUT2D eigenvalue weighted by Crippen LogP contribution is 2.42. The maximum Gasteiger partial charge on any atom is 0.136 e. The smallest absolute Gasteiger partial charge is 0.136 e. The molecule has 0 fully saturated rings. The molecule has 3 aromatic heterocycles. The van der Waals surface area contributed by atoms with Gasteiger partial charge in [0.25, 0.3) is 0 Å². The number of furan rings is 1. The number of nitrogens with zero attached hydrogens (tertiary/aromatic N) is 3. The van der Waals surface area contributed by atoms with Crippen LogP contribution in [0.1, 0.15) is 23.7 Å². The summed E-state index contributed by atoms with van der Waals surface area (Å²) in [6, 6.07) is 46.8. The fraction of sp³-hybridized carbons (Fsp3) is 0.0465. The van der Waals surface area contributed by atoms with Gasteiger partial charge in [0.05, 0.1) is 27.8 Å². The Morgan fingerprint density at radius 1 is 0.638 bits per heavy atom. The van der Waals surface area contributed by atoms with E-state index in [2.05, 4.69) is 150 Å². The monoisotopic (exact) mass is 603 g/mol. The van der Waals surface area contributed by atoms with Crippen LogP contribution in [0.2, 0.25) is 0 Å². The molecule has 0 aliphatic heterocycles. The van der Waals surface area contributed by atoms with Gasteiger partial charge in [0.15, 0.2) is 0 Å². The summed E-state index contributed by atoms with van der Waals surface area (Å²) in [5.41, 5.74) is 11.8. The summed E-state index contributed by atoms with van der Waals surface area (Å²) in [6.45, 7) is 4.17. The molecule has 0 aliphatic carbocycles. The Labute approximate surface area is 271 Å². The number of fused-ring (bicyclic) bond motifs is 8. The van der Waals surface area contributed by atoms with E-state index in [1.54, 1.807) is 0 Å². The van der Waals surface area contributed by atoms with Gasteiger partial charge in [0, 0.05) is 49.4 Å². The van der Waals surface area contributed by atoms with Crippen LogP contribution in [0.15, 0.2) is 138 Å². The van der Waals surface area contributed by atoms with Crippen molar-refractivity contribution in [2.75, 3.05) is 0 Å². The van der Waals surface area contributed by atoms with Crippen molar-refractivity contribution in [1.29, 1.82) is 5.26 Å². The second-order valence-electron chi connectivity index (χ2n) is 12.0. The number of para-hydroxylation sites is 3. The SMILES string of the molecule is C/C=C\c1c(C)n(-c2cccc(-c3cccc(-n4c5ccccc5c5c6c(ccc54)oc4ccccc46)c3)c2C#N)c2ccccc12. The molecule has 0 aliphatic rings. The van der Waals surface area contributed by atoms with Crippen LogP contribution in [0.4, 0.5) is 0 Å². The number of aromatic nitrogens is 2. The van der Waals surface area contributed by atoms with E-state index in [0.29, 0.717) is 5.56 Å². The molecule has 0 N–H and O–H groups in total. The predicted octanol–water partition coefficient (Wildman–Crippen LogP) is 11.5.